The van der Waals surface area contributed by atoms with Crippen molar-refractivity contribution in [3.63, 3.8) is 0 Å². The maximum absolute atomic E-state index is 5.21. The van der Waals surface area contributed by atoms with Crippen LogP contribution >= 0.6 is 0 Å². The van der Waals surface area contributed by atoms with Gasteiger partial charge in [-0.3, -0.25) is 0 Å². The lowest BCUT2D eigenvalue weighted by atomic mass is 10.1. The first kappa shape index (κ1) is 8.87. The molecule has 12 heavy (non-hydrogen) atoms. The molecule has 0 spiro atoms. The smallest absolute Gasteiger partial charge is 0.0337 e. The summed E-state index contributed by atoms with van der Waals surface area (Å²) in [6, 6.07) is 8.56. The molecule has 62 valence electrons. The number of aryl methyl sites for hydroxylation is 1. The second-order valence-corrected chi connectivity index (χ2v) is 2.95. The van der Waals surface area contributed by atoms with Crippen LogP contribution in [-0.4, -0.2) is 0 Å². The first-order valence-corrected chi connectivity index (χ1v) is 4.38. The van der Waals surface area contributed by atoms with Gasteiger partial charge in [-0.05, 0) is 17.5 Å². The van der Waals surface area contributed by atoms with Crippen LogP contribution in [0.3, 0.4) is 0 Å². The first-order chi connectivity index (χ1) is 5.86. The molecule has 0 N–H and O–H groups in total. The van der Waals surface area contributed by atoms with Crippen molar-refractivity contribution in [3.05, 3.63) is 35.4 Å². The molecule has 0 aliphatic heterocycles. The van der Waals surface area contributed by atoms with Gasteiger partial charge in [0, 0.05) is 6.42 Å². The molecule has 0 aliphatic rings. The molecule has 1 aromatic carbocycles. The third kappa shape index (κ3) is 2.43. The molecule has 0 heterocycles. The van der Waals surface area contributed by atoms with Crippen LogP contribution in [0, 0.1) is 12.3 Å². The maximum atomic E-state index is 5.21. The van der Waals surface area contributed by atoms with E-state index in [9.17, 15) is 0 Å². The van der Waals surface area contributed by atoms with Crippen LogP contribution in [-0.2, 0) is 12.8 Å². The molecule has 0 unspecified atom stereocenters. The first-order valence-electron chi connectivity index (χ1n) is 4.38. The Balaban J connectivity index is 2.66. The largest absolute Gasteiger partial charge is 0.120 e. The second kappa shape index (κ2) is 4.62. The monoisotopic (exact) mass is 158 g/mol. The quantitative estimate of drug-likeness (QED) is 0.593. The zero-order valence-corrected chi connectivity index (χ0v) is 7.51. The molecule has 0 aromatic heterocycles. The van der Waals surface area contributed by atoms with Crippen LogP contribution in [0.2, 0.25) is 0 Å². The van der Waals surface area contributed by atoms with Gasteiger partial charge in [0.15, 0.2) is 0 Å². The molecule has 0 atom stereocenters. The zero-order valence-electron chi connectivity index (χ0n) is 7.51. The summed E-state index contributed by atoms with van der Waals surface area (Å²) in [6.45, 7) is 2.19. The van der Waals surface area contributed by atoms with Crippen molar-refractivity contribution in [2.75, 3.05) is 0 Å². The average Bonchev–Trinajstić information content (AvgIpc) is 2.09. The molecule has 0 fully saturated rings. The molecule has 1 aromatic rings. The van der Waals surface area contributed by atoms with Crippen LogP contribution in [0.25, 0.3) is 0 Å². The minimum Gasteiger partial charge on any atom is -0.120 e. The van der Waals surface area contributed by atoms with E-state index in [1.807, 2.05) is 0 Å². The van der Waals surface area contributed by atoms with Crippen LogP contribution < -0.4 is 0 Å². The summed E-state index contributed by atoms with van der Waals surface area (Å²) in [5.74, 6) is 2.64. The fraction of sp³-hybridized carbons (Fsp3) is 0.333. The van der Waals surface area contributed by atoms with Gasteiger partial charge in [0.1, 0.15) is 0 Å². The lowest BCUT2D eigenvalue weighted by Gasteiger charge is -1.99. The lowest BCUT2D eigenvalue weighted by molar-refractivity contribution is 0.921. The number of terminal acetylenes is 1. The van der Waals surface area contributed by atoms with Crippen LogP contribution in [0.5, 0.6) is 0 Å². The van der Waals surface area contributed by atoms with Gasteiger partial charge in [0.2, 0.25) is 0 Å². The molecule has 0 heteroatoms. The molecular weight excluding hydrogens is 144 g/mol. The Hall–Kier alpha value is -1.22. The van der Waals surface area contributed by atoms with Gasteiger partial charge in [-0.1, -0.05) is 37.6 Å². The SMILES string of the molecule is C#CCc1ccc(CCC)cc1. The van der Waals surface area contributed by atoms with Crippen molar-refractivity contribution >= 4 is 0 Å². The van der Waals surface area contributed by atoms with E-state index in [0.29, 0.717) is 0 Å². The Bertz CT molecular complexity index is 261. The fourth-order valence-corrected chi connectivity index (χ4v) is 1.23. The van der Waals surface area contributed by atoms with Crippen molar-refractivity contribution in [1.82, 2.24) is 0 Å². The minimum absolute atomic E-state index is 0.742. The van der Waals surface area contributed by atoms with Crippen LogP contribution in [0.1, 0.15) is 24.5 Å². The Morgan fingerprint density at radius 1 is 1.17 bits per heavy atom. The van der Waals surface area contributed by atoms with Gasteiger partial charge in [-0.15, -0.1) is 12.3 Å². The topological polar surface area (TPSA) is 0 Å². The molecule has 0 saturated heterocycles. The molecule has 0 aliphatic carbocycles. The zero-order chi connectivity index (χ0) is 8.81. The van der Waals surface area contributed by atoms with E-state index >= 15 is 0 Å². The van der Waals surface area contributed by atoms with Crippen molar-refractivity contribution in [2.24, 2.45) is 0 Å². The Morgan fingerprint density at radius 3 is 2.25 bits per heavy atom. The average molecular weight is 158 g/mol. The summed E-state index contributed by atoms with van der Waals surface area (Å²) >= 11 is 0. The van der Waals surface area contributed by atoms with E-state index in [4.69, 9.17) is 6.42 Å². The highest BCUT2D eigenvalue weighted by Gasteiger charge is 1.91. The van der Waals surface area contributed by atoms with Crippen molar-refractivity contribution in [3.8, 4) is 12.3 Å². The summed E-state index contributed by atoms with van der Waals surface area (Å²) < 4.78 is 0. The summed E-state index contributed by atoms with van der Waals surface area (Å²) in [7, 11) is 0. The molecule has 1 rings (SSSR count). The van der Waals surface area contributed by atoms with E-state index < -0.39 is 0 Å². The molecule has 0 saturated carbocycles. The van der Waals surface area contributed by atoms with E-state index in [1.54, 1.807) is 0 Å². The highest BCUT2D eigenvalue weighted by molar-refractivity contribution is 5.25. The van der Waals surface area contributed by atoms with Crippen molar-refractivity contribution < 1.29 is 0 Å². The van der Waals surface area contributed by atoms with Gasteiger partial charge < -0.3 is 0 Å². The summed E-state index contributed by atoms with van der Waals surface area (Å²) in [5.41, 5.74) is 2.63. The molecule has 0 nitrogen and oxygen atoms in total. The number of hydrogen-bond acceptors (Lipinski definition) is 0. The molecule has 0 radical (unpaired) electrons. The predicted octanol–water partition coefficient (Wildman–Crippen LogP) is 2.81. The van der Waals surface area contributed by atoms with Crippen molar-refractivity contribution in [2.45, 2.75) is 26.2 Å². The Morgan fingerprint density at radius 2 is 1.75 bits per heavy atom. The third-order valence-corrected chi connectivity index (χ3v) is 1.87. The second-order valence-electron chi connectivity index (χ2n) is 2.95. The third-order valence-electron chi connectivity index (χ3n) is 1.87. The fourth-order valence-electron chi connectivity index (χ4n) is 1.23. The Labute approximate surface area is 74.6 Å². The number of rotatable bonds is 3. The maximum Gasteiger partial charge on any atom is 0.0337 e. The summed E-state index contributed by atoms with van der Waals surface area (Å²) in [4.78, 5) is 0. The van der Waals surface area contributed by atoms with Gasteiger partial charge in [-0.25, -0.2) is 0 Å². The van der Waals surface area contributed by atoms with E-state index in [1.165, 1.54) is 17.5 Å². The number of benzene rings is 1. The van der Waals surface area contributed by atoms with E-state index in [0.717, 1.165) is 12.8 Å². The lowest BCUT2D eigenvalue weighted by Crippen LogP contribution is -1.85. The van der Waals surface area contributed by atoms with Gasteiger partial charge in [-0.2, -0.15) is 0 Å². The molecule has 0 bridgehead atoms. The minimum atomic E-state index is 0.742. The van der Waals surface area contributed by atoms with Gasteiger partial charge >= 0.3 is 0 Å². The molecule has 0 amide bonds. The standard InChI is InChI=1S/C12H14/c1-3-5-11-7-9-12(6-4-2)10-8-11/h1,7-10H,4-6H2,2H3. The summed E-state index contributed by atoms with van der Waals surface area (Å²) in [6.07, 6.45) is 8.32. The van der Waals surface area contributed by atoms with Crippen molar-refractivity contribution in [1.29, 1.82) is 0 Å². The van der Waals surface area contributed by atoms with Crippen LogP contribution in [0.15, 0.2) is 24.3 Å². The Kier molecular flexibility index (Phi) is 3.41. The number of hydrogen-bond donors (Lipinski definition) is 0. The normalized spacial score (nSPS) is 9.33. The summed E-state index contributed by atoms with van der Waals surface area (Å²) in [5, 5.41) is 0. The van der Waals surface area contributed by atoms with E-state index in [2.05, 4.69) is 37.1 Å². The predicted molar refractivity (Wildman–Crippen MR) is 53.0 cm³/mol. The van der Waals surface area contributed by atoms with E-state index in [-0.39, 0.29) is 0 Å². The van der Waals surface area contributed by atoms with Crippen LogP contribution in [0.4, 0.5) is 0 Å². The molecular formula is C12H14. The highest BCUT2D eigenvalue weighted by Crippen LogP contribution is 2.06. The highest BCUT2D eigenvalue weighted by atomic mass is 14.0. The van der Waals surface area contributed by atoms with Gasteiger partial charge in [0.25, 0.3) is 0 Å². The van der Waals surface area contributed by atoms with Gasteiger partial charge in [0.05, 0.1) is 0 Å².